The first-order valence-corrected chi connectivity index (χ1v) is 6.62. The molecule has 1 aromatic heterocycles. The number of aromatic nitrogens is 2. The van der Waals surface area contributed by atoms with Crippen LogP contribution in [-0.4, -0.2) is 53.6 Å². The molecule has 1 aliphatic rings. The van der Waals surface area contributed by atoms with E-state index in [-0.39, 0.29) is 5.69 Å². The van der Waals surface area contributed by atoms with Crippen molar-refractivity contribution in [3.05, 3.63) is 18.1 Å². The zero-order chi connectivity index (χ0) is 13.7. The van der Waals surface area contributed by atoms with Crippen molar-refractivity contribution in [2.75, 3.05) is 32.1 Å². The van der Waals surface area contributed by atoms with Gasteiger partial charge in [-0.1, -0.05) is 6.92 Å². The van der Waals surface area contributed by atoms with Gasteiger partial charge in [-0.3, -0.25) is 0 Å². The zero-order valence-corrected chi connectivity index (χ0v) is 11.4. The van der Waals surface area contributed by atoms with Crippen molar-refractivity contribution in [2.45, 2.75) is 25.8 Å². The van der Waals surface area contributed by atoms with E-state index in [1.54, 1.807) is 6.20 Å². The highest BCUT2D eigenvalue weighted by molar-refractivity contribution is 5.86. The van der Waals surface area contributed by atoms with E-state index in [2.05, 4.69) is 31.8 Å². The van der Waals surface area contributed by atoms with E-state index in [1.807, 2.05) is 0 Å². The van der Waals surface area contributed by atoms with Gasteiger partial charge in [0.15, 0.2) is 5.69 Å². The summed E-state index contributed by atoms with van der Waals surface area (Å²) < 4.78 is 4.59. The van der Waals surface area contributed by atoms with Crippen LogP contribution in [0.15, 0.2) is 12.4 Å². The van der Waals surface area contributed by atoms with Crippen molar-refractivity contribution in [2.24, 2.45) is 0 Å². The highest BCUT2D eigenvalue weighted by atomic mass is 16.5. The fraction of sp³-hybridized carbons (Fsp3) is 0.615. The minimum Gasteiger partial charge on any atom is -0.464 e. The van der Waals surface area contributed by atoms with Crippen LogP contribution in [-0.2, 0) is 4.74 Å². The van der Waals surface area contributed by atoms with Crippen molar-refractivity contribution < 1.29 is 9.53 Å². The summed E-state index contributed by atoms with van der Waals surface area (Å²) in [5.41, 5.74) is 0.229. The fourth-order valence-corrected chi connectivity index (χ4v) is 2.28. The largest absolute Gasteiger partial charge is 0.464 e. The van der Waals surface area contributed by atoms with Crippen LogP contribution in [0.25, 0.3) is 0 Å². The van der Waals surface area contributed by atoms with E-state index >= 15 is 0 Å². The van der Waals surface area contributed by atoms with Crippen molar-refractivity contribution in [1.29, 1.82) is 0 Å². The second-order valence-corrected chi connectivity index (χ2v) is 4.66. The molecule has 2 heterocycles. The van der Waals surface area contributed by atoms with Crippen molar-refractivity contribution >= 4 is 11.8 Å². The lowest BCUT2D eigenvalue weighted by Gasteiger charge is -2.32. The Morgan fingerprint density at radius 1 is 1.53 bits per heavy atom. The van der Waals surface area contributed by atoms with Crippen molar-refractivity contribution in [3.8, 4) is 0 Å². The first kappa shape index (κ1) is 13.7. The van der Waals surface area contributed by atoms with Crippen molar-refractivity contribution in [1.82, 2.24) is 14.9 Å². The molecule has 0 aromatic carbocycles. The van der Waals surface area contributed by atoms with Gasteiger partial charge in [-0.15, -0.1) is 0 Å². The van der Waals surface area contributed by atoms with Gasteiger partial charge < -0.3 is 15.0 Å². The van der Waals surface area contributed by atoms with Gasteiger partial charge in [-0.05, 0) is 25.9 Å². The minimum absolute atomic E-state index is 0.229. The molecule has 0 aliphatic carbocycles. The molecule has 0 amide bonds. The van der Waals surface area contributed by atoms with Crippen LogP contribution in [0.2, 0.25) is 0 Å². The third kappa shape index (κ3) is 3.64. The standard InChI is InChI=1S/C13H20N4O2/c1-3-17-6-4-5-10(9-17)16-12-8-14-11(7-15-12)13(18)19-2/h7-8,10H,3-6,9H2,1-2H3,(H,15,16). The number of rotatable bonds is 4. The number of likely N-dealkylation sites (N-methyl/N-ethyl adjacent to an activating group) is 1. The number of piperidine rings is 1. The SMILES string of the molecule is CCN1CCCC(Nc2cnc(C(=O)OC)cn2)C1. The summed E-state index contributed by atoms with van der Waals surface area (Å²) in [7, 11) is 1.33. The molecule has 0 spiro atoms. The maximum absolute atomic E-state index is 11.2. The second kappa shape index (κ2) is 6.47. The molecule has 0 radical (unpaired) electrons. The summed E-state index contributed by atoms with van der Waals surface area (Å²) in [5.74, 6) is 0.240. The lowest BCUT2D eigenvalue weighted by molar-refractivity contribution is 0.0593. The Labute approximate surface area is 113 Å². The third-order valence-electron chi connectivity index (χ3n) is 3.35. The molecule has 104 valence electrons. The van der Waals surface area contributed by atoms with Gasteiger partial charge in [0.05, 0.1) is 19.5 Å². The molecular weight excluding hydrogens is 244 g/mol. The number of likely N-dealkylation sites (tertiary alicyclic amines) is 1. The third-order valence-corrected chi connectivity index (χ3v) is 3.35. The number of nitrogens with zero attached hydrogens (tertiary/aromatic N) is 3. The molecule has 1 atom stereocenters. The van der Waals surface area contributed by atoms with Crippen LogP contribution in [0.4, 0.5) is 5.82 Å². The van der Waals surface area contributed by atoms with E-state index < -0.39 is 5.97 Å². The predicted octanol–water partition coefficient (Wildman–Crippen LogP) is 1.16. The Bertz CT molecular complexity index is 421. The zero-order valence-electron chi connectivity index (χ0n) is 11.4. The number of ether oxygens (including phenoxy) is 1. The van der Waals surface area contributed by atoms with E-state index in [4.69, 9.17) is 0 Å². The van der Waals surface area contributed by atoms with E-state index in [1.165, 1.54) is 26.3 Å². The quantitative estimate of drug-likeness (QED) is 0.823. The fourth-order valence-electron chi connectivity index (χ4n) is 2.28. The number of anilines is 1. The molecule has 19 heavy (non-hydrogen) atoms. The van der Waals surface area contributed by atoms with Crippen LogP contribution in [0.5, 0.6) is 0 Å². The Morgan fingerprint density at radius 3 is 3.00 bits per heavy atom. The molecule has 1 aromatic rings. The predicted molar refractivity (Wildman–Crippen MR) is 72.1 cm³/mol. The Balaban J connectivity index is 1.94. The van der Waals surface area contributed by atoms with Crippen LogP contribution in [0.3, 0.4) is 0 Å². The molecule has 6 nitrogen and oxygen atoms in total. The number of carbonyl (C=O) groups excluding carboxylic acids is 1. The summed E-state index contributed by atoms with van der Waals surface area (Å²) in [5, 5.41) is 3.36. The van der Waals surface area contributed by atoms with E-state index in [0.717, 1.165) is 19.5 Å². The molecule has 1 N–H and O–H groups in total. The van der Waals surface area contributed by atoms with E-state index in [0.29, 0.717) is 11.9 Å². The summed E-state index contributed by atoms with van der Waals surface area (Å²) >= 11 is 0. The second-order valence-electron chi connectivity index (χ2n) is 4.66. The summed E-state index contributed by atoms with van der Waals surface area (Å²) in [4.78, 5) is 21.9. The average Bonchev–Trinajstić information content (AvgIpc) is 2.47. The number of esters is 1. The number of carbonyl (C=O) groups is 1. The van der Waals surface area contributed by atoms with Crippen LogP contribution in [0, 0.1) is 0 Å². The molecule has 6 heteroatoms. The number of methoxy groups -OCH3 is 1. The van der Waals surface area contributed by atoms with Gasteiger partial charge in [0.1, 0.15) is 5.82 Å². The molecular formula is C13H20N4O2. The van der Waals surface area contributed by atoms with Gasteiger partial charge >= 0.3 is 5.97 Å². The van der Waals surface area contributed by atoms with Gasteiger partial charge in [0, 0.05) is 12.6 Å². The average molecular weight is 264 g/mol. The summed E-state index contributed by atoms with van der Waals surface area (Å²) in [6.45, 7) is 5.44. The first-order valence-electron chi connectivity index (χ1n) is 6.62. The summed E-state index contributed by atoms with van der Waals surface area (Å²) in [6, 6.07) is 0.395. The number of nitrogens with one attached hydrogen (secondary N) is 1. The molecule has 1 fully saturated rings. The molecule has 1 saturated heterocycles. The molecule has 0 saturated carbocycles. The number of hydrogen-bond acceptors (Lipinski definition) is 6. The highest BCUT2D eigenvalue weighted by Gasteiger charge is 2.19. The van der Waals surface area contributed by atoms with Crippen LogP contribution < -0.4 is 5.32 Å². The first-order chi connectivity index (χ1) is 9.22. The smallest absolute Gasteiger partial charge is 0.358 e. The Morgan fingerprint density at radius 2 is 2.37 bits per heavy atom. The van der Waals surface area contributed by atoms with Crippen LogP contribution >= 0.6 is 0 Å². The summed E-state index contributed by atoms with van der Waals surface area (Å²) in [6.07, 6.45) is 5.35. The van der Waals surface area contributed by atoms with Crippen molar-refractivity contribution in [3.63, 3.8) is 0 Å². The maximum Gasteiger partial charge on any atom is 0.358 e. The molecule has 2 rings (SSSR count). The Hall–Kier alpha value is -1.69. The normalized spacial score (nSPS) is 20.0. The topological polar surface area (TPSA) is 67.4 Å². The van der Waals surface area contributed by atoms with E-state index in [9.17, 15) is 4.79 Å². The molecule has 0 bridgehead atoms. The van der Waals surface area contributed by atoms with Gasteiger partial charge in [0.25, 0.3) is 0 Å². The van der Waals surface area contributed by atoms with Gasteiger partial charge in [0.2, 0.25) is 0 Å². The lowest BCUT2D eigenvalue weighted by Crippen LogP contribution is -2.42. The lowest BCUT2D eigenvalue weighted by atomic mass is 10.1. The Kier molecular flexibility index (Phi) is 4.68. The van der Waals surface area contributed by atoms with Gasteiger partial charge in [-0.25, -0.2) is 14.8 Å². The molecule has 1 aliphatic heterocycles. The highest BCUT2D eigenvalue weighted by Crippen LogP contribution is 2.14. The monoisotopic (exact) mass is 264 g/mol. The maximum atomic E-state index is 11.2. The minimum atomic E-state index is -0.464. The number of hydrogen-bond donors (Lipinski definition) is 1. The molecule has 1 unspecified atom stereocenters. The van der Waals surface area contributed by atoms with Gasteiger partial charge in [-0.2, -0.15) is 0 Å². The van der Waals surface area contributed by atoms with Crippen LogP contribution in [0.1, 0.15) is 30.3 Å².